The fraction of sp³-hybridized carbons (Fsp3) is 0.0769. The van der Waals surface area contributed by atoms with Gasteiger partial charge in [0.1, 0.15) is 0 Å². The largest absolute Gasteiger partial charge is 0.478 e. The van der Waals surface area contributed by atoms with Crippen LogP contribution in [-0.4, -0.2) is 20.3 Å². The molecule has 0 aliphatic heterocycles. The molecule has 0 spiro atoms. The summed E-state index contributed by atoms with van der Waals surface area (Å²) in [6, 6.07) is 9.75. The lowest BCUT2D eigenvalue weighted by molar-refractivity contribution is 0.0696. The van der Waals surface area contributed by atoms with Gasteiger partial charge in [0, 0.05) is 15.6 Å². The molecule has 0 saturated carbocycles. The summed E-state index contributed by atoms with van der Waals surface area (Å²) in [6.45, 7) is 0. The Morgan fingerprint density at radius 2 is 2.11 bits per heavy atom. The standard InChI is InChI=1S/C13H10BrNO3S/c14-10-4-5-11(15-7-10)8-19(18)12-3-1-2-9(6-12)13(16)17/h1-7H,8H2,(H,16,17). The highest BCUT2D eigenvalue weighted by Crippen LogP contribution is 2.14. The molecule has 6 heteroatoms. The predicted octanol–water partition coefficient (Wildman–Crippen LogP) is 2.85. The van der Waals surface area contributed by atoms with Crippen LogP contribution < -0.4 is 0 Å². The van der Waals surface area contributed by atoms with Gasteiger partial charge in [-0.1, -0.05) is 6.07 Å². The quantitative estimate of drug-likeness (QED) is 0.929. The van der Waals surface area contributed by atoms with E-state index in [1.807, 2.05) is 6.07 Å². The SMILES string of the molecule is O=C(O)c1cccc(S(=O)Cc2ccc(Br)cn2)c1. The molecular weight excluding hydrogens is 330 g/mol. The molecule has 4 nitrogen and oxygen atoms in total. The molecule has 1 atom stereocenters. The van der Waals surface area contributed by atoms with Gasteiger partial charge in [0.05, 0.1) is 27.8 Å². The molecule has 2 aromatic rings. The van der Waals surface area contributed by atoms with E-state index in [-0.39, 0.29) is 11.3 Å². The molecule has 0 aliphatic carbocycles. The zero-order chi connectivity index (χ0) is 13.8. The van der Waals surface area contributed by atoms with Gasteiger partial charge in [0.25, 0.3) is 0 Å². The lowest BCUT2D eigenvalue weighted by Gasteiger charge is -2.03. The highest BCUT2D eigenvalue weighted by atomic mass is 79.9. The Bertz CT molecular complexity index is 628. The van der Waals surface area contributed by atoms with E-state index in [1.165, 1.54) is 12.1 Å². The third kappa shape index (κ3) is 3.71. The van der Waals surface area contributed by atoms with E-state index in [1.54, 1.807) is 24.4 Å². The van der Waals surface area contributed by atoms with E-state index >= 15 is 0 Å². The van der Waals surface area contributed by atoms with Gasteiger partial charge in [-0.25, -0.2) is 4.79 Å². The van der Waals surface area contributed by atoms with Crippen molar-refractivity contribution in [3.05, 3.63) is 58.3 Å². The van der Waals surface area contributed by atoms with Crippen LogP contribution in [0.25, 0.3) is 0 Å². The molecule has 0 bridgehead atoms. The van der Waals surface area contributed by atoms with Crippen LogP contribution >= 0.6 is 15.9 Å². The lowest BCUT2D eigenvalue weighted by Crippen LogP contribution is -2.01. The first-order valence-corrected chi connectivity index (χ1v) is 7.49. The summed E-state index contributed by atoms with van der Waals surface area (Å²) in [5.74, 6) is -0.767. The highest BCUT2D eigenvalue weighted by molar-refractivity contribution is 9.10. The summed E-state index contributed by atoms with van der Waals surface area (Å²) in [7, 11) is -1.31. The van der Waals surface area contributed by atoms with E-state index in [9.17, 15) is 9.00 Å². The number of hydrogen-bond donors (Lipinski definition) is 1. The van der Waals surface area contributed by atoms with E-state index < -0.39 is 16.8 Å². The van der Waals surface area contributed by atoms with E-state index in [0.717, 1.165) is 4.47 Å². The average Bonchev–Trinajstić information content (AvgIpc) is 2.41. The summed E-state index contributed by atoms with van der Waals surface area (Å²) in [4.78, 5) is 15.5. The van der Waals surface area contributed by atoms with E-state index in [0.29, 0.717) is 10.6 Å². The van der Waals surface area contributed by atoms with Crippen molar-refractivity contribution >= 4 is 32.7 Å². The van der Waals surface area contributed by atoms with Gasteiger partial charge in [-0.2, -0.15) is 0 Å². The molecule has 1 N–H and O–H groups in total. The maximum atomic E-state index is 12.1. The van der Waals surface area contributed by atoms with Gasteiger partial charge in [-0.15, -0.1) is 0 Å². The Kier molecular flexibility index (Phi) is 4.44. The summed E-state index contributed by atoms with van der Waals surface area (Å²) in [5, 5.41) is 8.89. The second kappa shape index (κ2) is 6.08. The summed E-state index contributed by atoms with van der Waals surface area (Å²) in [6.07, 6.45) is 1.64. The smallest absolute Gasteiger partial charge is 0.335 e. The van der Waals surface area contributed by atoms with Gasteiger partial charge in [-0.05, 0) is 46.3 Å². The Hall–Kier alpha value is -1.53. The number of pyridine rings is 1. The van der Waals surface area contributed by atoms with Crippen molar-refractivity contribution in [2.75, 3.05) is 0 Å². The first-order chi connectivity index (χ1) is 9.06. The average molecular weight is 340 g/mol. The van der Waals surface area contributed by atoms with Crippen LogP contribution in [0.3, 0.4) is 0 Å². The number of carboxylic acids is 1. The molecule has 98 valence electrons. The fourth-order valence-corrected chi connectivity index (χ4v) is 2.81. The zero-order valence-electron chi connectivity index (χ0n) is 9.75. The van der Waals surface area contributed by atoms with Crippen LogP contribution in [0.5, 0.6) is 0 Å². The van der Waals surface area contributed by atoms with Gasteiger partial charge < -0.3 is 5.11 Å². The van der Waals surface area contributed by atoms with Gasteiger partial charge in [0.15, 0.2) is 0 Å². The van der Waals surface area contributed by atoms with Crippen LogP contribution in [0.15, 0.2) is 52.0 Å². The fourth-order valence-electron chi connectivity index (χ4n) is 1.48. The predicted molar refractivity (Wildman–Crippen MR) is 75.5 cm³/mol. The molecule has 19 heavy (non-hydrogen) atoms. The number of hydrogen-bond acceptors (Lipinski definition) is 3. The number of carboxylic acid groups (broad SMARTS) is 1. The lowest BCUT2D eigenvalue weighted by atomic mass is 10.2. The first kappa shape index (κ1) is 13.9. The maximum absolute atomic E-state index is 12.1. The zero-order valence-corrected chi connectivity index (χ0v) is 12.1. The molecule has 2 rings (SSSR count). The van der Waals surface area contributed by atoms with Crippen molar-refractivity contribution in [3.63, 3.8) is 0 Å². The normalized spacial score (nSPS) is 12.1. The Balaban J connectivity index is 2.18. The molecule has 0 amide bonds. The van der Waals surface area contributed by atoms with Gasteiger partial charge in [0.2, 0.25) is 0 Å². The topological polar surface area (TPSA) is 67.3 Å². The molecule has 0 radical (unpaired) electrons. The maximum Gasteiger partial charge on any atom is 0.335 e. The summed E-state index contributed by atoms with van der Waals surface area (Å²) in [5.41, 5.74) is 0.830. The number of halogens is 1. The minimum Gasteiger partial charge on any atom is -0.478 e. The first-order valence-electron chi connectivity index (χ1n) is 5.38. The third-order valence-corrected chi connectivity index (χ3v) is 4.22. The Morgan fingerprint density at radius 1 is 1.32 bits per heavy atom. The molecule has 1 unspecified atom stereocenters. The van der Waals surface area contributed by atoms with Crippen molar-refractivity contribution < 1.29 is 14.1 Å². The van der Waals surface area contributed by atoms with Crippen molar-refractivity contribution in [1.29, 1.82) is 0 Å². The van der Waals surface area contributed by atoms with Gasteiger partial charge >= 0.3 is 5.97 Å². The third-order valence-electron chi connectivity index (χ3n) is 2.41. The molecule has 0 fully saturated rings. The van der Waals surface area contributed by atoms with Gasteiger partial charge in [-0.3, -0.25) is 9.19 Å². The van der Waals surface area contributed by atoms with Crippen LogP contribution in [0.2, 0.25) is 0 Å². The summed E-state index contributed by atoms with van der Waals surface area (Å²) < 4.78 is 13.0. The number of rotatable bonds is 4. The molecule has 0 aliphatic rings. The molecule has 1 aromatic heterocycles. The van der Waals surface area contributed by atoms with Crippen molar-refractivity contribution in [3.8, 4) is 0 Å². The molecule has 1 aromatic carbocycles. The minimum atomic E-state index is -1.31. The number of aromatic carboxylic acids is 1. The van der Waals surface area contributed by atoms with Crippen molar-refractivity contribution in [2.24, 2.45) is 0 Å². The number of benzene rings is 1. The summed E-state index contributed by atoms with van der Waals surface area (Å²) >= 11 is 3.28. The molecule has 1 heterocycles. The van der Waals surface area contributed by atoms with Crippen molar-refractivity contribution in [2.45, 2.75) is 10.6 Å². The van der Waals surface area contributed by atoms with Crippen LogP contribution in [0.1, 0.15) is 16.1 Å². The second-order valence-electron chi connectivity index (χ2n) is 3.79. The highest BCUT2D eigenvalue weighted by Gasteiger charge is 2.09. The Labute approximate surface area is 121 Å². The molecule has 0 saturated heterocycles. The number of carbonyl (C=O) groups is 1. The second-order valence-corrected chi connectivity index (χ2v) is 6.16. The molecular formula is C13H10BrNO3S. The van der Waals surface area contributed by atoms with Crippen LogP contribution in [0.4, 0.5) is 0 Å². The van der Waals surface area contributed by atoms with E-state index in [4.69, 9.17) is 5.11 Å². The Morgan fingerprint density at radius 3 is 2.74 bits per heavy atom. The number of nitrogens with zero attached hydrogens (tertiary/aromatic N) is 1. The van der Waals surface area contributed by atoms with Crippen LogP contribution in [-0.2, 0) is 16.6 Å². The minimum absolute atomic E-state index is 0.134. The van der Waals surface area contributed by atoms with E-state index in [2.05, 4.69) is 20.9 Å². The monoisotopic (exact) mass is 339 g/mol. The van der Waals surface area contributed by atoms with Crippen LogP contribution in [0, 0.1) is 0 Å². The number of aromatic nitrogens is 1. The van der Waals surface area contributed by atoms with Crippen molar-refractivity contribution in [1.82, 2.24) is 4.98 Å².